The van der Waals surface area contributed by atoms with E-state index in [-0.39, 0.29) is 0 Å². The Hall–Kier alpha value is -0.870. The maximum atomic E-state index is 5.54. The van der Waals surface area contributed by atoms with E-state index in [9.17, 15) is 0 Å². The lowest BCUT2D eigenvalue weighted by atomic mass is 10.2. The summed E-state index contributed by atoms with van der Waals surface area (Å²) in [6.45, 7) is 0. The minimum atomic E-state index is 0.668. The first-order chi connectivity index (χ1) is 6.34. The second-order valence-electron chi connectivity index (χ2n) is 2.74. The number of thiophene rings is 1. The molecule has 2 nitrogen and oxygen atoms in total. The molecule has 2 aromatic heterocycles. The van der Waals surface area contributed by atoms with Gasteiger partial charge in [0.25, 0.3) is 0 Å². The summed E-state index contributed by atoms with van der Waals surface area (Å²) in [5.41, 5.74) is 5.54. The highest BCUT2D eigenvalue weighted by Crippen LogP contribution is 2.18. The van der Waals surface area contributed by atoms with Crippen LogP contribution in [0.3, 0.4) is 0 Å². The van der Waals surface area contributed by atoms with Crippen LogP contribution in [0.15, 0.2) is 23.7 Å². The van der Waals surface area contributed by atoms with Gasteiger partial charge < -0.3 is 5.73 Å². The van der Waals surface area contributed by atoms with Crippen molar-refractivity contribution in [2.24, 2.45) is 0 Å². The third-order valence-electron chi connectivity index (χ3n) is 1.77. The van der Waals surface area contributed by atoms with Crippen LogP contribution in [0.2, 0.25) is 0 Å². The van der Waals surface area contributed by atoms with Crippen molar-refractivity contribution in [3.05, 3.63) is 33.5 Å². The van der Waals surface area contributed by atoms with Crippen LogP contribution in [0.1, 0.15) is 9.75 Å². The summed E-state index contributed by atoms with van der Waals surface area (Å²) in [5.74, 6) is 0. The quantitative estimate of drug-likeness (QED) is 0.845. The fourth-order valence-electron chi connectivity index (χ4n) is 1.14. The maximum Gasteiger partial charge on any atom is 0.180 e. The number of nitrogen functional groups attached to an aromatic ring is 1. The maximum absolute atomic E-state index is 5.54. The van der Waals surface area contributed by atoms with Gasteiger partial charge in [0.2, 0.25) is 0 Å². The lowest BCUT2D eigenvalue weighted by molar-refractivity contribution is 0.999. The van der Waals surface area contributed by atoms with Crippen molar-refractivity contribution in [2.45, 2.75) is 12.8 Å². The van der Waals surface area contributed by atoms with Gasteiger partial charge in [-0.1, -0.05) is 6.07 Å². The number of anilines is 1. The molecule has 0 spiro atoms. The number of hydrogen-bond donors (Lipinski definition) is 1. The van der Waals surface area contributed by atoms with E-state index in [1.54, 1.807) is 22.7 Å². The molecule has 0 saturated carbocycles. The van der Waals surface area contributed by atoms with Gasteiger partial charge in [0.05, 0.1) is 0 Å². The summed E-state index contributed by atoms with van der Waals surface area (Å²) in [7, 11) is 0. The van der Waals surface area contributed by atoms with Crippen LogP contribution in [-0.2, 0) is 12.8 Å². The predicted octanol–water partition coefficient (Wildman–Crippen LogP) is 2.57. The summed E-state index contributed by atoms with van der Waals surface area (Å²) < 4.78 is 0. The Labute approximate surface area is 85.1 Å². The second kappa shape index (κ2) is 3.89. The zero-order valence-corrected chi connectivity index (χ0v) is 8.70. The number of thiazole rings is 1. The van der Waals surface area contributed by atoms with Crippen LogP contribution in [0.5, 0.6) is 0 Å². The Morgan fingerprint density at radius 2 is 2.15 bits per heavy atom. The van der Waals surface area contributed by atoms with E-state index in [0.29, 0.717) is 5.13 Å². The molecule has 0 amide bonds. The standard InChI is InChI=1S/C9H10N2S2/c10-9-11-6-8(13-9)4-3-7-2-1-5-12-7/h1-2,5-6H,3-4H2,(H2,10,11). The molecule has 0 aliphatic carbocycles. The number of aryl methyl sites for hydroxylation is 2. The number of aromatic nitrogens is 1. The van der Waals surface area contributed by atoms with Gasteiger partial charge in [0, 0.05) is 16.0 Å². The Kier molecular flexibility index (Phi) is 2.61. The Morgan fingerprint density at radius 3 is 2.77 bits per heavy atom. The van der Waals surface area contributed by atoms with E-state index in [1.165, 1.54) is 9.75 Å². The van der Waals surface area contributed by atoms with Gasteiger partial charge in [-0.2, -0.15) is 0 Å². The van der Waals surface area contributed by atoms with Gasteiger partial charge in [-0.05, 0) is 24.3 Å². The second-order valence-corrected chi connectivity index (χ2v) is 4.92. The van der Waals surface area contributed by atoms with Gasteiger partial charge in [-0.15, -0.1) is 22.7 Å². The van der Waals surface area contributed by atoms with E-state index >= 15 is 0 Å². The molecule has 4 heteroatoms. The van der Waals surface area contributed by atoms with E-state index in [2.05, 4.69) is 22.5 Å². The van der Waals surface area contributed by atoms with Crippen LogP contribution in [0, 0.1) is 0 Å². The highest BCUT2D eigenvalue weighted by atomic mass is 32.1. The minimum Gasteiger partial charge on any atom is -0.375 e. The smallest absolute Gasteiger partial charge is 0.180 e. The highest BCUT2D eigenvalue weighted by molar-refractivity contribution is 7.15. The molecular weight excluding hydrogens is 200 g/mol. The zero-order valence-electron chi connectivity index (χ0n) is 7.06. The largest absolute Gasteiger partial charge is 0.375 e. The molecule has 2 aromatic rings. The number of nitrogens with zero attached hydrogens (tertiary/aromatic N) is 1. The summed E-state index contributed by atoms with van der Waals surface area (Å²) in [4.78, 5) is 6.71. The van der Waals surface area contributed by atoms with Crippen molar-refractivity contribution in [3.8, 4) is 0 Å². The van der Waals surface area contributed by atoms with Crippen LogP contribution in [-0.4, -0.2) is 4.98 Å². The number of hydrogen-bond acceptors (Lipinski definition) is 4. The van der Waals surface area contributed by atoms with Gasteiger partial charge in [-0.3, -0.25) is 0 Å². The predicted molar refractivity (Wildman–Crippen MR) is 58.3 cm³/mol. The van der Waals surface area contributed by atoms with Crippen molar-refractivity contribution in [2.75, 3.05) is 5.73 Å². The number of rotatable bonds is 3. The molecule has 0 aliphatic heterocycles. The summed E-state index contributed by atoms with van der Waals surface area (Å²) in [6, 6.07) is 4.25. The van der Waals surface area contributed by atoms with Crippen molar-refractivity contribution >= 4 is 27.8 Å². The van der Waals surface area contributed by atoms with Crippen molar-refractivity contribution < 1.29 is 0 Å². The molecule has 13 heavy (non-hydrogen) atoms. The first-order valence-corrected chi connectivity index (χ1v) is 5.77. The van der Waals surface area contributed by atoms with Gasteiger partial charge in [-0.25, -0.2) is 4.98 Å². The Balaban J connectivity index is 1.93. The molecule has 2 heterocycles. The Bertz CT molecular complexity index is 365. The van der Waals surface area contributed by atoms with Crippen LogP contribution in [0.25, 0.3) is 0 Å². The molecule has 0 atom stereocenters. The third kappa shape index (κ3) is 2.29. The average Bonchev–Trinajstić information content (AvgIpc) is 2.71. The molecule has 0 bridgehead atoms. The van der Waals surface area contributed by atoms with Crippen molar-refractivity contribution in [3.63, 3.8) is 0 Å². The fourth-order valence-corrected chi connectivity index (χ4v) is 2.53. The minimum absolute atomic E-state index is 0.668. The first kappa shape index (κ1) is 8.72. The molecular formula is C9H10N2S2. The molecule has 2 N–H and O–H groups in total. The first-order valence-electron chi connectivity index (χ1n) is 4.07. The lowest BCUT2D eigenvalue weighted by Gasteiger charge is -1.92. The van der Waals surface area contributed by atoms with Gasteiger partial charge in [0.1, 0.15) is 0 Å². The molecule has 0 fully saturated rings. The molecule has 0 aromatic carbocycles. The van der Waals surface area contributed by atoms with Crippen LogP contribution >= 0.6 is 22.7 Å². The summed E-state index contributed by atoms with van der Waals surface area (Å²) >= 11 is 3.38. The van der Waals surface area contributed by atoms with Gasteiger partial charge >= 0.3 is 0 Å². The summed E-state index contributed by atoms with van der Waals surface area (Å²) in [5, 5.41) is 2.78. The average molecular weight is 210 g/mol. The van der Waals surface area contributed by atoms with Crippen LogP contribution in [0.4, 0.5) is 5.13 Å². The molecule has 68 valence electrons. The summed E-state index contributed by atoms with van der Waals surface area (Å²) in [6.07, 6.45) is 4.02. The molecule has 0 radical (unpaired) electrons. The van der Waals surface area contributed by atoms with E-state index in [0.717, 1.165) is 12.8 Å². The third-order valence-corrected chi connectivity index (χ3v) is 3.59. The highest BCUT2D eigenvalue weighted by Gasteiger charge is 1.99. The molecule has 0 unspecified atom stereocenters. The SMILES string of the molecule is Nc1ncc(CCc2cccs2)s1. The monoisotopic (exact) mass is 210 g/mol. The van der Waals surface area contributed by atoms with E-state index in [1.807, 2.05) is 6.20 Å². The Morgan fingerprint density at radius 1 is 1.31 bits per heavy atom. The van der Waals surface area contributed by atoms with Crippen LogP contribution < -0.4 is 5.73 Å². The van der Waals surface area contributed by atoms with Crippen molar-refractivity contribution in [1.82, 2.24) is 4.98 Å². The fraction of sp³-hybridized carbons (Fsp3) is 0.222. The lowest BCUT2D eigenvalue weighted by Crippen LogP contribution is -1.83. The number of nitrogens with two attached hydrogens (primary N) is 1. The normalized spacial score (nSPS) is 10.5. The van der Waals surface area contributed by atoms with Gasteiger partial charge in [0.15, 0.2) is 5.13 Å². The molecule has 2 rings (SSSR count). The van der Waals surface area contributed by atoms with E-state index < -0.39 is 0 Å². The topological polar surface area (TPSA) is 38.9 Å². The zero-order chi connectivity index (χ0) is 9.10. The van der Waals surface area contributed by atoms with E-state index in [4.69, 9.17) is 5.73 Å². The molecule has 0 saturated heterocycles. The van der Waals surface area contributed by atoms with Crippen molar-refractivity contribution in [1.29, 1.82) is 0 Å². The molecule has 0 aliphatic rings.